The number of nitrogens with zero attached hydrogens (tertiary/aromatic N) is 2. The molecule has 7 nitrogen and oxygen atoms in total. The van der Waals surface area contributed by atoms with E-state index >= 15 is 0 Å². The van der Waals surface area contributed by atoms with Crippen LogP contribution in [-0.4, -0.2) is 14.9 Å². The van der Waals surface area contributed by atoms with E-state index < -0.39 is 4.92 Å². The van der Waals surface area contributed by atoms with Gasteiger partial charge in [-0.1, -0.05) is 12.5 Å². The van der Waals surface area contributed by atoms with E-state index in [0.29, 0.717) is 28.3 Å². The molecule has 0 saturated carbocycles. The molecule has 4 aromatic rings. The highest BCUT2D eigenvalue weighted by Crippen LogP contribution is 2.35. The molecule has 3 aromatic heterocycles. The SMILES string of the molecule is Cc1ccc([N+](=O)[O-])cc1-c1ccc(-c2nc3sc4c(c3c(=O)[nH]2)CCCCC4)o1. The zero-order valence-corrected chi connectivity index (χ0v) is 17.2. The summed E-state index contributed by atoms with van der Waals surface area (Å²) in [6.45, 7) is 1.87. The number of nitro groups is 1. The van der Waals surface area contributed by atoms with Gasteiger partial charge < -0.3 is 9.40 Å². The number of fused-ring (bicyclic) bond motifs is 3. The Morgan fingerprint density at radius 3 is 2.77 bits per heavy atom. The van der Waals surface area contributed by atoms with Gasteiger partial charge >= 0.3 is 0 Å². The van der Waals surface area contributed by atoms with Crippen molar-refractivity contribution in [1.29, 1.82) is 0 Å². The number of aromatic amines is 1. The van der Waals surface area contributed by atoms with Gasteiger partial charge in [-0.05, 0) is 55.9 Å². The molecule has 1 aliphatic carbocycles. The molecule has 1 aromatic carbocycles. The van der Waals surface area contributed by atoms with Crippen LogP contribution in [0.25, 0.3) is 33.1 Å². The molecular formula is C22H19N3O4S. The first kappa shape index (κ1) is 18.7. The first-order chi connectivity index (χ1) is 14.5. The number of benzene rings is 1. The Morgan fingerprint density at radius 2 is 1.93 bits per heavy atom. The maximum atomic E-state index is 12.9. The molecule has 0 saturated heterocycles. The van der Waals surface area contributed by atoms with E-state index in [9.17, 15) is 14.9 Å². The van der Waals surface area contributed by atoms with Crippen LogP contribution in [0, 0.1) is 17.0 Å². The lowest BCUT2D eigenvalue weighted by Gasteiger charge is -2.03. The molecule has 0 fully saturated rings. The zero-order chi connectivity index (χ0) is 20.8. The minimum absolute atomic E-state index is 0.00147. The van der Waals surface area contributed by atoms with Gasteiger partial charge in [-0.3, -0.25) is 14.9 Å². The van der Waals surface area contributed by atoms with Gasteiger partial charge in [0.1, 0.15) is 10.6 Å². The first-order valence-corrected chi connectivity index (χ1v) is 10.7. The fraction of sp³-hybridized carbons (Fsp3) is 0.273. The molecule has 0 unspecified atom stereocenters. The lowest BCUT2D eigenvalue weighted by Crippen LogP contribution is -2.09. The van der Waals surface area contributed by atoms with Crippen molar-refractivity contribution < 1.29 is 9.34 Å². The van der Waals surface area contributed by atoms with Crippen molar-refractivity contribution >= 4 is 27.2 Å². The van der Waals surface area contributed by atoms with Gasteiger partial charge in [-0.15, -0.1) is 11.3 Å². The fourth-order valence-electron chi connectivity index (χ4n) is 4.06. The van der Waals surface area contributed by atoms with E-state index in [2.05, 4.69) is 9.97 Å². The molecule has 0 spiro atoms. The van der Waals surface area contributed by atoms with E-state index in [4.69, 9.17) is 4.42 Å². The van der Waals surface area contributed by atoms with Gasteiger partial charge in [0, 0.05) is 22.6 Å². The quantitative estimate of drug-likeness (QED) is 0.271. The summed E-state index contributed by atoms with van der Waals surface area (Å²) in [6.07, 6.45) is 5.37. The highest BCUT2D eigenvalue weighted by Gasteiger charge is 2.20. The van der Waals surface area contributed by atoms with E-state index in [1.807, 2.05) is 6.92 Å². The van der Waals surface area contributed by atoms with Crippen molar-refractivity contribution in [2.24, 2.45) is 0 Å². The summed E-state index contributed by atoms with van der Waals surface area (Å²) in [5.74, 6) is 1.30. The second-order valence-electron chi connectivity index (χ2n) is 7.58. The maximum absolute atomic E-state index is 12.9. The van der Waals surface area contributed by atoms with Crippen LogP contribution in [0.5, 0.6) is 0 Å². The Kier molecular flexibility index (Phi) is 4.51. The fourth-order valence-corrected chi connectivity index (χ4v) is 5.32. The molecule has 152 valence electrons. The molecule has 0 atom stereocenters. The molecule has 8 heteroatoms. The van der Waals surface area contributed by atoms with Gasteiger partial charge in [0.15, 0.2) is 11.6 Å². The van der Waals surface area contributed by atoms with Crippen molar-refractivity contribution in [2.45, 2.75) is 39.0 Å². The van der Waals surface area contributed by atoms with Crippen LogP contribution >= 0.6 is 11.3 Å². The molecule has 0 bridgehead atoms. The second kappa shape index (κ2) is 7.21. The van der Waals surface area contributed by atoms with E-state index in [1.165, 1.54) is 23.4 Å². The average molecular weight is 421 g/mol. The number of aromatic nitrogens is 2. The Labute approximate surface area is 175 Å². The smallest absolute Gasteiger partial charge is 0.270 e. The third-order valence-corrected chi connectivity index (χ3v) is 6.80. The lowest BCUT2D eigenvalue weighted by atomic mass is 10.1. The summed E-state index contributed by atoms with van der Waals surface area (Å²) in [7, 11) is 0. The third kappa shape index (κ3) is 3.13. The Balaban J connectivity index is 1.58. The minimum atomic E-state index is -0.430. The van der Waals surface area contributed by atoms with E-state index in [0.717, 1.165) is 41.6 Å². The van der Waals surface area contributed by atoms with Crippen LogP contribution < -0.4 is 5.56 Å². The van der Waals surface area contributed by atoms with Gasteiger partial charge in [0.25, 0.3) is 11.2 Å². The van der Waals surface area contributed by atoms with E-state index in [1.54, 1.807) is 29.5 Å². The molecule has 0 aliphatic heterocycles. The Bertz CT molecular complexity index is 1350. The van der Waals surface area contributed by atoms with Crippen molar-refractivity contribution in [3.63, 3.8) is 0 Å². The molecule has 3 heterocycles. The highest BCUT2D eigenvalue weighted by molar-refractivity contribution is 7.18. The Hall–Kier alpha value is -3.26. The number of furan rings is 1. The maximum Gasteiger partial charge on any atom is 0.270 e. The van der Waals surface area contributed by atoms with Crippen molar-refractivity contribution in [1.82, 2.24) is 9.97 Å². The van der Waals surface area contributed by atoms with Crippen molar-refractivity contribution in [2.75, 3.05) is 0 Å². The van der Waals surface area contributed by atoms with Crippen LogP contribution in [0.1, 0.15) is 35.3 Å². The molecular weight excluding hydrogens is 402 g/mol. The summed E-state index contributed by atoms with van der Waals surface area (Å²) in [5.41, 5.74) is 2.52. The normalized spacial score (nSPS) is 13.9. The monoisotopic (exact) mass is 421 g/mol. The van der Waals surface area contributed by atoms with Crippen LogP contribution in [0.3, 0.4) is 0 Å². The number of non-ortho nitro benzene ring substituents is 1. The van der Waals surface area contributed by atoms with Crippen molar-refractivity contribution in [3.8, 4) is 22.9 Å². The molecule has 0 radical (unpaired) electrons. The van der Waals surface area contributed by atoms with Gasteiger partial charge in [-0.2, -0.15) is 0 Å². The standard InChI is InChI=1S/C22H19N3O4S/c1-12-7-8-13(25(27)28)11-15(12)16-9-10-17(29-16)20-23-21(26)19-14-5-3-2-4-6-18(14)30-22(19)24-20/h7-11H,2-6H2,1H3,(H,23,24,26). The number of rotatable bonds is 3. The number of nitro benzene ring substituents is 1. The molecule has 1 aliphatic rings. The summed E-state index contributed by atoms with van der Waals surface area (Å²) in [4.78, 5) is 33.1. The largest absolute Gasteiger partial charge is 0.453 e. The van der Waals surface area contributed by atoms with Crippen LogP contribution in [0.15, 0.2) is 39.5 Å². The molecule has 5 rings (SSSR count). The van der Waals surface area contributed by atoms with Crippen LogP contribution in [0.2, 0.25) is 0 Å². The number of hydrogen-bond donors (Lipinski definition) is 1. The first-order valence-electron chi connectivity index (χ1n) is 9.91. The van der Waals surface area contributed by atoms with Crippen molar-refractivity contribution in [3.05, 3.63) is 66.8 Å². The third-order valence-electron chi connectivity index (χ3n) is 5.61. The second-order valence-corrected chi connectivity index (χ2v) is 8.66. The van der Waals surface area contributed by atoms with Crippen LogP contribution in [-0.2, 0) is 12.8 Å². The van der Waals surface area contributed by atoms with E-state index in [-0.39, 0.29) is 11.2 Å². The topological polar surface area (TPSA) is 102 Å². The number of H-pyrrole nitrogens is 1. The lowest BCUT2D eigenvalue weighted by molar-refractivity contribution is -0.384. The highest BCUT2D eigenvalue weighted by atomic mass is 32.1. The molecule has 30 heavy (non-hydrogen) atoms. The number of nitrogens with one attached hydrogen (secondary N) is 1. The predicted octanol–water partition coefficient (Wildman–Crippen LogP) is 5.40. The number of aryl methyl sites for hydroxylation is 3. The summed E-state index contributed by atoms with van der Waals surface area (Å²) >= 11 is 1.60. The summed E-state index contributed by atoms with van der Waals surface area (Å²) in [6, 6.07) is 8.14. The number of thiophene rings is 1. The average Bonchev–Trinajstić information content (AvgIpc) is 3.27. The molecule has 0 amide bonds. The summed E-state index contributed by atoms with van der Waals surface area (Å²) in [5, 5.41) is 11.8. The van der Waals surface area contributed by atoms with Gasteiger partial charge in [0.05, 0.1) is 10.3 Å². The zero-order valence-electron chi connectivity index (χ0n) is 16.4. The Morgan fingerprint density at radius 1 is 1.13 bits per heavy atom. The van der Waals surface area contributed by atoms with Crippen LogP contribution in [0.4, 0.5) is 5.69 Å². The van der Waals surface area contributed by atoms with Gasteiger partial charge in [0.2, 0.25) is 0 Å². The van der Waals surface area contributed by atoms with Gasteiger partial charge in [-0.25, -0.2) is 4.98 Å². The minimum Gasteiger partial charge on any atom is -0.453 e. The predicted molar refractivity (Wildman–Crippen MR) is 116 cm³/mol. The summed E-state index contributed by atoms with van der Waals surface area (Å²) < 4.78 is 5.95. The number of hydrogen-bond acceptors (Lipinski definition) is 6. The molecule has 1 N–H and O–H groups in total.